The van der Waals surface area contributed by atoms with Crippen LogP contribution in [-0.2, 0) is 19.4 Å². The van der Waals surface area contributed by atoms with E-state index in [4.69, 9.17) is 4.74 Å². The van der Waals surface area contributed by atoms with Crippen molar-refractivity contribution in [2.45, 2.75) is 38.4 Å². The Hall–Kier alpha value is -0.620. The normalized spacial score (nSPS) is 32.3. The summed E-state index contributed by atoms with van der Waals surface area (Å²) < 4.78 is 27.9. The summed E-state index contributed by atoms with van der Waals surface area (Å²) in [5.74, 6) is 0.439. The van der Waals surface area contributed by atoms with Gasteiger partial charge in [0.05, 0.1) is 18.0 Å². The van der Waals surface area contributed by atoms with Crippen LogP contribution in [-0.4, -0.2) is 56.5 Å². The van der Waals surface area contributed by atoms with E-state index in [9.17, 15) is 13.2 Å². The Kier molecular flexibility index (Phi) is 3.96. The van der Waals surface area contributed by atoms with E-state index in [0.29, 0.717) is 12.5 Å². The van der Waals surface area contributed by atoms with Gasteiger partial charge in [-0.3, -0.25) is 4.79 Å². The molecule has 2 saturated heterocycles. The summed E-state index contributed by atoms with van der Waals surface area (Å²) in [7, 11) is -3.06. The number of carbonyl (C=O) groups is 1. The maximum absolute atomic E-state index is 11.9. The van der Waals surface area contributed by atoms with Gasteiger partial charge in [0.2, 0.25) is 5.91 Å². The number of rotatable bonds is 3. The third-order valence-corrected chi connectivity index (χ3v) is 4.72. The largest absolute Gasteiger partial charge is 0.373 e. The highest BCUT2D eigenvalue weighted by molar-refractivity contribution is 7.90. The van der Waals surface area contributed by atoms with Crippen molar-refractivity contribution >= 4 is 15.7 Å². The van der Waals surface area contributed by atoms with Gasteiger partial charge in [-0.05, 0) is 25.7 Å². The quantitative estimate of drug-likeness (QED) is 0.750. The summed E-state index contributed by atoms with van der Waals surface area (Å²) in [5, 5.41) is 0. The van der Waals surface area contributed by atoms with Gasteiger partial charge in [0.1, 0.15) is 9.84 Å². The van der Waals surface area contributed by atoms with Gasteiger partial charge in [-0.1, -0.05) is 0 Å². The number of piperidine rings is 1. The smallest absolute Gasteiger partial charge is 0.223 e. The lowest BCUT2D eigenvalue weighted by atomic mass is 9.92. The van der Waals surface area contributed by atoms with Crippen LogP contribution in [0.25, 0.3) is 0 Å². The molecule has 0 aromatic heterocycles. The number of hydrogen-bond acceptors (Lipinski definition) is 4. The SMILES string of the molecule is C[C@@H]1C[C@@H]2CCN(C(=O)CCS(C)(=O)=O)C[C@H]2O1. The average molecular weight is 275 g/mol. The molecule has 0 aliphatic carbocycles. The lowest BCUT2D eigenvalue weighted by Gasteiger charge is -2.34. The van der Waals surface area contributed by atoms with Gasteiger partial charge in [0, 0.05) is 25.8 Å². The first-order valence-electron chi connectivity index (χ1n) is 6.46. The second-order valence-electron chi connectivity index (χ2n) is 5.49. The standard InChI is InChI=1S/C12H21NO4S/c1-9-7-10-3-5-13(8-11(10)17-9)12(14)4-6-18(2,15)16/h9-11H,3-8H2,1-2H3/t9-,10+,11-/m1/s1. The Labute approximate surface area is 108 Å². The van der Waals surface area contributed by atoms with Crippen LogP contribution in [0.5, 0.6) is 0 Å². The minimum Gasteiger partial charge on any atom is -0.373 e. The zero-order valence-electron chi connectivity index (χ0n) is 11.0. The monoisotopic (exact) mass is 275 g/mol. The Morgan fingerprint density at radius 1 is 1.44 bits per heavy atom. The van der Waals surface area contributed by atoms with Gasteiger partial charge >= 0.3 is 0 Å². The van der Waals surface area contributed by atoms with Gasteiger partial charge in [-0.15, -0.1) is 0 Å². The van der Waals surface area contributed by atoms with E-state index in [2.05, 4.69) is 6.92 Å². The van der Waals surface area contributed by atoms with Gasteiger partial charge in [0.15, 0.2) is 0 Å². The second-order valence-corrected chi connectivity index (χ2v) is 7.75. The van der Waals surface area contributed by atoms with E-state index in [1.807, 2.05) is 0 Å². The number of nitrogens with zero attached hydrogens (tertiary/aromatic N) is 1. The van der Waals surface area contributed by atoms with E-state index in [1.165, 1.54) is 0 Å². The molecule has 3 atom stereocenters. The molecule has 0 spiro atoms. The Morgan fingerprint density at radius 3 is 2.83 bits per heavy atom. The van der Waals surface area contributed by atoms with E-state index < -0.39 is 9.84 Å². The van der Waals surface area contributed by atoms with Crippen molar-refractivity contribution in [1.29, 1.82) is 0 Å². The molecule has 0 bridgehead atoms. The fourth-order valence-electron chi connectivity index (χ4n) is 2.83. The van der Waals surface area contributed by atoms with Crippen molar-refractivity contribution < 1.29 is 17.9 Å². The van der Waals surface area contributed by atoms with Gasteiger partial charge in [0.25, 0.3) is 0 Å². The summed E-state index contributed by atoms with van der Waals surface area (Å²) >= 11 is 0. The molecule has 104 valence electrons. The summed E-state index contributed by atoms with van der Waals surface area (Å²) in [5.41, 5.74) is 0. The zero-order chi connectivity index (χ0) is 13.3. The van der Waals surface area contributed by atoms with Gasteiger partial charge in [-0.2, -0.15) is 0 Å². The first-order valence-corrected chi connectivity index (χ1v) is 8.52. The summed E-state index contributed by atoms with van der Waals surface area (Å²) in [6, 6.07) is 0. The van der Waals surface area contributed by atoms with Crippen LogP contribution < -0.4 is 0 Å². The highest BCUT2D eigenvalue weighted by Crippen LogP contribution is 2.33. The molecule has 2 aliphatic heterocycles. The maximum atomic E-state index is 11.9. The van der Waals surface area contributed by atoms with Crippen LogP contribution in [0.3, 0.4) is 0 Å². The molecular formula is C12H21NO4S. The highest BCUT2D eigenvalue weighted by Gasteiger charge is 2.38. The predicted molar refractivity (Wildman–Crippen MR) is 68.0 cm³/mol. The summed E-state index contributed by atoms with van der Waals surface area (Å²) in [6.45, 7) is 3.42. The lowest BCUT2D eigenvalue weighted by molar-refractivity contribution is -0.135. The van der Waals surface area contributed by atoms with Crippen LogP contribution in [0, 0.1) is 5.92 Å². The fraction of sp³-hybridized carbons (Fsp3) is 0.917. The molecule has 5 nitrogen and oxygen atoms in total. The topological polar surface area (TPSA) is 63.7 Å². The van der Waals surface area contributed by atoms with Gasteiger partial charge in [-0.25, -0.2) is 8.42 Å². The minimum absolute atomic E-state index is 0.0618. The maximum Gasteiger partial charge on any atom is 0.223 e. The van der Waals surface area contributed by atoms with Gasteiger partial charge < -0.3 is 9.64 Å². The molecule has 1 amide bonds. The van der Waals surface area contributed by atoms with Crippen molar-refractivity contribution in [3.8, 4) is 0 Å². The van der Waals surface area contributed by atoms with Crippen molar-refractivity contribution in [3.05, 3.63) is 0 Å². The van der Waals surface area contributed by atoms with Crippen molar-refractivity contribution in [2.75, 3.05) is 25.1 Å². The highest BCUT2D eigenvalue weighted by atomic mass is 32.2. The summed E-state index contributed by atoms with van der Waals surface area (Å²) in [6.07, 6.45) is 3.73. The van der Waals surface area contributed by atoms with Crippen molar-refractivity contribution in [2.24, 2.45) is 5.92 Å². The van der Waals surface area contributed by atoms with Crippen LogP contribution in [0.2, 0.25) is 0 Å². The van der Waals surface area contributed by atoms with Crippen molar-refractivity contribution in [3.63, 3.8) is 0 Å². The molecule has 18 heavy (non-hydrogen) atoms. The first-order chi connectivity index (χ1) is 8.35. The molecule has 0 aromatic carbocycles. The molecule has 6 heteroatoms. The third-order valence-electron chi connectivity index (χ3n) is 3.78. The molecule has 2 rings (SSSR count). The third kappa shape index (κ3) is 3.45. The van der Waals surface area contributed by atoms with E-state index >= 15 is 0 Å². The number of amides is 1. The number of hydrogen-bond donors (Lipinski definition) is 0. The van der Waals surface area contributed by atoms with E-state index in [1.54, 1.807) is 4.90 Å². The second kappa shape index (κ2) is 5.17. The number of likely N-dealkylation sites (tertiary alicyclic amines) is 1. The minimum atomic E-state index is -3.06. The fourth-order valence-corrected chi connectivity index (χ4v) is 3.37. The molecule has 2 fully saturated rings. The lowest BCUT2D eigenvalue weighted by Crippen LogP contribution is -2.45. The Bertz CT molecular complexity index is 420. The Balaban J connectivity index is 1.85. The predicted octanol–water partition coefficient (Wildman–Crippen LogP) is 0.447. The molecule has 2 heterocycles. The summed E-state index contributed by atoms with van der Waals surface area (Å²) in [4.78, 5) is 13.7. The first kappa shape index (κ1) is 13.8. The van der Waals surface area contributed by atoms with E-state index in [0.717, 1.165) is 25.6 Å². The molecule has 0 aromatic rings. The average Bonchev–Trinajstić information content (AvgIpc) is 2.63. The number of carbonyl (C=O) groups excluding carboxylic acids is 1. The molecule has 0 radical (unpaired) electrons. The number of sulfone groups is 1. The molecule has 2 aliphatic rings. The van der Waals surface area contributed by atoms with Crippen LogP contribution in [0.1, 0.15) is 26.2 Å². The van der Waals surface area contributed by atoms with Crippen LogP contribution >= 0.6 is 0 Å². The number of ether oxygens (including phenoxy) is 1. The van der Waals surface area contributed by atoms with Crippen LogP contribution in [0.15, 0.2) is 0 Å². The van der Waals surface area contributed by atoms with E-state index in [-0.39, 0.29) is 30.3 Å². The molecule has 0 unspecified atom stereocenters. The zero-order valence-corrected chi connectivity index (χ0v) is 11.8. The molecular weight excluding hydrogens is 254 g/mol. The van der Waals surface area contributed by atoms with Crippen molar-refractivity contribution in [1.82, 2.24) is 4.90 Å². The molecule has 0 saturated carbocycles. The molecule has 0 N–H and O–H groups in total. The van der Waals surface area contributed by atoms with Crippen LogP contribution in [0.4, 0.5) is 0 Å². The Morgan fingerprint density at radius 2 is 2.17 bits per heavy atom. The number of fused-ring (bicyclic) bond motifs is 1.